The van der Waals surface area contributed by atoms with E-state index in [-0.39, 0.29) is 11.5 Å². The Morgan fingerprint density at radius 3 is 1.93 bits per heavy atom. The van der Waals surface area contributed by atoms with E-state index in [9.17, 15) is 28.0 Å². The monoisotopic (exact) mass is 588 g/mol. The van der Waals surface area contributed by atoms with E-state index in [2.05, 4.69) is 0 Å². The minimum Gasteiger partial charge on any atom is -0.497 e. The first-order valence-electron chi connectivity index (χ1n) is 11.5. The van der Waals surface area contributed by atoms with Crippen LogP contribution in [0, 0.1) is 0 Å². The lowest BCUT2D eigenvalue weighted by Crippen LogP contribution is -2.52. The fraction of sp³-hybridized carbons (Fsp3) is 0.333. The molecule has 0 radical (unpaired) electrons. The summed E-state index contributed by atoms with van der Waals surface area (Å²) in [6.07, 6.45) is -10.0. The van der Waals surface area contributed by atoms with Gasteiger partial charge in [-0.25, -0.2) is 22.5 Å². The Balaban J connectivity index is 1.64. The van der Waals surface area contributed by atoms with Gasteiger partial charge in [-0.3, -0.25) is 18.9 Å². The Morgan fingerprint density at radius 2 is 1.48 bits per heavy atom. The van der Waals surface area contributed by atoms with Gasteiger partial charge >= 0.3 is 13.5 Å². The molecule has 0 spiro atoms. The molecule has 1 aliphatic rings. The molecule has 0 saturated carbocycles. The largest absolute Gasteiger partial charge is 0.587 e. The standard InChI is InChI=1S/C24H24F3N2O10P/c1-34-14-3-7-16(8-4-14)38-40(33,39-17-9-5-15(35-2)6-10-17)36-13-24(22(26)27)20(31)19(25)21(37-24)29-12-11-18(30)28-23(29)32/h3-12,19-22,31H,13H2,1-2H3,(H,28,30,32)/t19?,20?,21-,24-/m0/s1. The van der Waals surface area contributed by atoms with Crippen LogP contribution in [0.2, 0.25) is 0 Å². The third-order valence-electron chi connectivity index (χ3n) is 5.91. The van der Waals surface area contributed by atoms with Crippen molar-refractivity contribution >= 4 is 7.82 Å². The van der Waals surface area contributed by atoms with Crippen molar-refractivity contribution < 1.29 is 50.6 Å². The van der Waals surface area contributed by atoms with E-state index >= 15 is 4.39 Å². The van der Waals surface area contributed by atoms with E-state index in [1.165, 1.54) is 62.8 Å². The first-order chi connectivity index (χ1) is 19.0. The Kier molecular flexibility index (Phi) is 8.59. The van der Waals surface area contributed by atoms with Crippen LogP contribution in [0.3, 0.4) is 0 Å². The van der Waals surface area contributed by atoms with Crippen molar-refractivity contribution in [2.45, 2.75) is 30.5 Å². The Hall–Kier alpha value is -3.78. The molecule has 12 nitrogen and oxygen atoms in total. The highest BCUT2D eigenvalue weighted by molar-refractivity contribution is 7.49. The molecule has 40 heavy (non-hydrogen) atoms. The summed E-state index contributed by atoms with van der Waals surface area (Å²) in [5.41, 5.74) is -5.12. The zero-order valence-corrected chi connectivity index (χ0v) is 21.8. The van der Waals surface area contributed by atoms with Crippen LogP contribution in [0.5, 0.6) is 23.0 Å². The van der Waals surface area contributed by atoms with E-state index in [1.54, 1.807) is 0 Å². The maximum Gasteiger partial charge on any atom is 0.587 e. The molecule has 0 amide bonds. The number of halogens is 3. The van der Waals surface area contributed by atoms with Crippen molar-refractivity contribution in [3.8, 4) is 23.0 Å². The predicted octanol–water partition coefficient (Wildman–Crippen LogP) is 3.07. The summed E-state index contributed by atoms with van der Waals surface area (Å²) in [4.78, 5) is 25.3. The number of aromatic nitrogens is 2. The number of ether oxygens (including phenoxy) is 3. The Morgan fingerprint density at radius 1 is 0.975 bits per heavy atom. The van der Waals surface area contributed by atoms with Crippen molar-refractivity contribution in [1.82, 2.24) is 9.55 Å². The molecule has 1 fully saturated rings. The summed E-state index contributed by atoms with van der Waals surface area (Å²) in [5.74, 6) is 0.710. The van der Waals surface area contributed by atoms with E-state index in [4.69, 9.17) is 27.8 Å². The number of rotatable bonds is 11. The smallest absolute Gasteiger partial charge is 0.497 e. The molecule has 0 bridgehead atoms. The molecule has 2 heterocycles. The number of benzene rings is 2. The van der Waals surface area contributed by atoms with Crippen molar-refractivity contribution in [3.05, 3.63) is 81.6 Å². The molecule has 1 aromatic heterocycles. The van der Waals surface area contributed by atoms with Crippen LogP contribution in [0.25, 0.3) is 0 Å². The van der Waals surface area contributed by atoms with Crippen LogP contribution in [0.4, 0.5) is 13.2 Å². The van der Waals surface area contributed by atoms with E-state index < -0.39 is 56.2 Å². The molecule has 216 valence electrons. The van der Waals surface area contributed by atoms with Gasteiger partial charge in [-0.1, -0.05) is 0 Å². The highest BCUT2D eigenvalue weighted by Gasteiger charge is 2.62. The lowest BCUT2D eigenvalue weighted by molar-refractivity contribution is -0.193. The number of aliphatic hydroxyl groups is 1. The number of aliphatic hydroxyl groups excluding tert-OH is 1. The summed E-state index contributed by atoms with van der Waals surface area (Å²) >= 11 is 0. The number of aromatic amines is 1. The molecule has 1 aliphatic heterocycles. The number of nitrogens with one attached hydrogen (secondary N) is 1. The summed E-state index contributed by atoms with van der Waals surface area (Å²) < 4.78 is 89.4. The average Bonchev–Trinajstić information content (AvgIpc) is 3.19. The van der Waals surface area contributed by atoms with Crippen molar-refractivity contribution in [2.75, 3.05) is 20.8 Å². The Labute approximate surface area is 224 Å². The summed E-state index contributed by atoms with van der Waals surface area (Å²) in [6, 6.07) is 12.0. The van der Waals surface area contributed by atoms with Crippen LogP contribution >= 0.6 is 7.82 Å². The molecule has 2 aromatic carbocycles. The van der Waals surface area contributed by atoms with Gasteiger partial charge in [0.2, 0.25) is 0 Å². The van der Waals surface area contributed by atoms with Crippen LogP contribution in [0.1, 0.15) is 6.23 Å². The summed E-state index contributed by atoms with van der Waals surface area (Å²) in [6.45, 7) is -1.40. The van der Waals surface area contributed by atoms with E-state index in [0.717, 1.165) is 12.3 Å². The minimum absolute atomic E-state index is 0.0716. The van der Waals surface area contributed by atoms with Gasteiger partial charge in [-0.15, -0.1) is 0 Å². The fourth-order valence-electron chi connectivity index (χ4n) is 3.77. The molecule has 2 N–H and O–H groups in total. The molecular formula is C24H24F3N2O10P. The minimum atomic E-state index is -4.84. The van der Waals surface area contributed by atoms with Gasteiger partial charge < -0.3 is 28.4 Å². The first-order valence-corrected chi connectivity index (χ1v) is 13.0. The predicted molar refractivity (Wildman–Crippen MR) is 132 cm³/mol. The van der Waals surface area contributed by atoms with Crippen LogP contribution < -0.4 is 29.8 Å². The van der Waals surface area contributed by atoms with Gasteiger partial charge in [-0.05, 0) is 48.5 Å². The SMILES string of the molecule is COc1ccc(OP(=O)(OC[C@]2(C(F)F)O[C@H](n3ccc(=O)[nH]c3=O)C(F)C2O)Oc2ccc(OC)cc2)cc1. The summed E-state index contributed by atoms with van der Waals surface area (Å²) in [5, 5.41) is 10.5. The number of hydrogen-bond acceptors (Lipinski definition) is 10. The van der Waals surface area contributed by atoms with Crippen molar-refractivity contribution in [3.63, 3.8) is 0 Å². The van der Waals surface area contributed by atoms with E-state index in [0.29, 0.717) is 16.1 Å². The number of methoxy groups -OCH3 is 2. The lowest BCUT2D eigenvalue weighted by Gasteiger charge is -2.31. The third-order valence-corrected chi connectivity index (χ3v) is 7.23. The van der Waals surface area contributed by atoms with Crippen molar-refractivity contribution in [2.24, 2.45) is 0 Å². The van der Waals surface area contributed by atoms with Crippen LogP contribution in [-0.2, 0) is 13.8 Å². The molecule has 1 saturated heterocycles. The molecule has 0 aliphatic carbocycles. The van der Waals surface area contributed by atoms with Crippen LogP contribution in [0.15, 0.2) is 70.4 Å². The van der Waals surface area contributed by atoms with Gasteiger partial charge in [-0.2, -0.15) is 0 Å². The third kappa shape index (κ3) is 6.02. The fourth-order valence-corrected chi connectivity index (χ4v) is 5.03. The van der Waals surface area contributed by atoms with Gasteiger partial charge in [0, 0.05) is 12.3 Å². The molecule has 2 unspecified atom stereocenters. The highest BCUT2D eigenvalue weighted by Crippen LogP contribution is 2.52. The number of phosphoric acid groups is 1. The van der Waals surface area contributed by atoms with E-state index in [1.807, 2.05) is 4.98 Å². The zero-order chi connectivity index (χ0) is 29.1. The first kappa shape index (κ1) is 29.2. The highest BCUT2D eigenvalue weighted by atomic mass is 31.2. The maximum atomic E-state index is 15.1. The lowest BCUT2D eigenvalue weighted by atomic mass is 9.97. The van der Waals surface area contributed by atoms with Gasteiger partial charge in [0.25, 0.3) is 12.0 Å². The number of alkyl halides is 3. The molecule has 16 heteroatoms. The molecule has 4 rings (SSSR count). The molecular weight excluding hydrogens is 564 g/mol. The van der Waals surface area contributed by atoms with Gasteiger partial charge in [0.05, 0.1) is 20.8 Å². The second-order valence-electron chi connectivity index (χ2n) is 8.43. The maximum absolute atomic E-state index is 15.1. The number of phosphoric ester groups is 1. The van der Waals surface area contributed by atoms with Crippen LogP contribution in [-0.4, -0.2) is 59.8 Å². The normalized spacial score (nSPS) is 22.7. The molecule has 3 aromatic rings. The Bertz CT molecular complexity index is 1410. The average molecular weight is 588 g/mol. The number of nitrogens with zero attached hydrogens (tertiary/aromatic N) is 1. The topological polar surface area (TPSA) is 148 Å². The quantitative estimate of drug-likeness (QED) is 0.320. The number of hydrogen-bond donors (Lipinski definition) is 2. The van der Waals surface area contributed by atoms with Gasteiger partial charge in [0.15, 0.2) is 18.0 Å². The number of H-pyrrole nitrogens is 1. The second kappa shape index (κ2) is 11.8. The zero-order valence-electron chi connectivity index (χ0n) is 20.9. The second-order valence-corrected chi connectivity index (χ2v) is 9.94. The molecule has 4 atom stereocenters. The van der Waals surface area contributed by atoms with Crippen molar-refractivity contribution in [1.29, 1.82) is 0 Å². The van der Waals surface area contributed by atoms with Gasteiger partial charge in [0.1, 0.15) is 29.1 Å². The summed E-state index contributed by atoms with van der Waals surface area (Å²) in [7, 11) is -2.01.